The molecule has 0 bridgehead atoms. The van der Waals surface area contributed by atoms with Gasteiger partial charge in [-0.05, 0) is 53.6 Å². The largest absolute Gasteiger partial charge is 0.320 e. The third kappa shape index (κ3) is 1.96. The van der Waals surface area contributed by atoms with Crippen molar-refractivity contribution in [1.82, 2.24) is 0 Å². The fourth-order valence-electron chi connectivity index (χ4n) is 3.69. The van der Waals surface area contributed by atoms with Gasteiger partial charge in [0.05, 0.1) is 11.4 Å². The fourth-order valence-corrected chi connectivity index (χ4v) is 4.05. The van der Waals surface area contributed by atoms with Crippen LogP contribution in [0.3, 0.4) is 0 Å². The van der Waals surface area contributed by atoms with Crippen LogP contribution in [0, 0.1) is 0 Å². The number of nitrogens with one attached hydrogen (secondary N) is 1. The van der Waals surface area contributed by atoms with Gasteiger partial charge in [0.15, 0.2) is 0 Å². The van der Waals surface area contributed by atoms with E-state index in [-0.39, 0.29) is 5.91 Å². The molecular weight excluding hydrogens is 364 g/mol. The number of benzene rings is 3. The summed E-state index contributed by atoms with van der Waals surface area (Å²) in [5, 5.41) is 5.33. The first-order valence-electron chi connectivity index (χ1n) is 7.94. The molecule has 1 N–H and O–H groups in total. The number of hydrogen-bond donors (Lipinski definition) is 1. The van der Waals surface area contributed by atoms with E-state index in [2.05, 4.69) is 45.5 Å². The number of nitrogens with zero attached hydrogens (tertiary/aromatic N) is 1. The van der Waals surface area contributed by atoms with Crippen molar-refractivity contribution in [3.8, 4) is 0 Å². The van der Waals surface area contributed by atoms with Gasteiger partial charge < -0.3 is 5.32 Å². The summed E-state index contributed by atoms with van der Waals surface area (Å²) in [6.45, 7) is 0. The van der Waals surface area contributed by atoms with E-state index in [1.54, 1.807) is 0 Å². The molecule has 3 aromatic carbocycles. The Morgan fingerprint density at radius 1 is 1.00 bits per heavy atom. The zero-order valence-corrected chi connectivity index (χ0v) is 14.4. The van der Waals surface area contributed by atoms with Crippen molar-refractivity contribution in [2.75, 3.05) is 5.32 Å². The molecule has 0 atom stereocenters. The van der Waals surface area contributed by atoms with Crippen molar-refractivity contribution in [2.45, 2.75) is 12.8 Å². The molecule has 0 unspecified atom stereocenters. The SMILES string of the molecule is O=C1Nc2ccc(Br)cc2C1=Nc1ccc2c3c(cccc13)CC2. The molecule has 24 heavy (non-hydrogen) atoms. The Bertz CT molecular complexity index is 1060. The molecule has 0 saturated heterocycles. The Morgan fingerprint density at radius 3 is 2.71 bits per heavy atom. The molecule has 0 radical (unpaired) electrons. The maximum atomic E-state index is 12.4. The van der Waals surface area contributed by atoms with Gasteiger partial charge in [0.25, 0.3) is 5.91 Å². The summed E-state index contributed by atoms with van der Waals surface area (Å²) in [5.41, 5.74) is 5.75. The van der Waals surface area contributed by atoms with Crippen LogP contribution in [0.25, 0.3) is 10.8 Å². The number of aryl methyl sites for hydroxylation is 2. The van der Waals surface area contributed by atoms with E-state index in [0.29, 0.717) is 5.71 Å². The van der Waals surface area contributed by atoms with Crippen LogP contribution in [0.2, 0.25) is 0 Å². The number of rotatable bonds is 1. The maximum Gasteiger partial charge on any atom is 0.275 e. The molecule has 116 valence electrons. The number of aliphatic imine (C=N–C) groups is 1. The molecule has 4 heteroatoms. The number of fused-ring (bicyclic) bond motifs is 1. The summed E-state index contributed by atoms with van der Waals surface area (Å²) in [7, 11) is 0. The van der Waals surface area contributed by atoms with Gasteiger partial charge in [0.1, 0.15) is 5.71 Å². The van der Waals surface area contributed by atoms with E-state index in [1.165, 1.54) is 16.5 Å². The molecule has 0 fully saturated rings. The average Bonchev–Trinajstić information content (AvgIpc) is 3.13. The summed E-state index contributed by atoms with van der Waals surface area (Å²) in [6.07, 6.45) is 2.17. The van der Waals surface area contributed by atoms with Crippen LogP contribution >= 0.6 is 15.9 Å². The van der Waals surface area contributed by atoms with E-state index in [0.717, 1.165) is 39.6 Å². The Balaban J connectivity index is 1.75. The molecular formula is C20H13BrN2O. The summed E-state index contributed by atoms with van der Waals surface area (Å²) in [4.78, 5) is 17.1. The van der Waals surface area contributed by atoms with Gasteiger partial charge in [-0.1, -0.05) is 40.2 Å². The molecule has 1 aliphatic heterocycles. The predicted molar refractivity (Wildman–Crippen MR) is 100 cm³/mol. The predicted octanol–water partition coefficient (Wildman–Crippen LogP) is 4.77. The lowest BCUT2D eigenvalue weighted by Crippen LogP contribution is -2.13. The van der Waals surface area contributed by atoms with Gasteiger partial charge in [0.2, 0.25) is 0 Å². The summed E-state index contributed by atoms with van der Waals surface area (Å²) in [5.74, 6) is -0.147. The number of carbonyl (C=O) groups excluding carboxylic acids is 1. The smallest absolute Gasteiger partial charge is 0.275 e. The number of amides is 1. The van der Waals surface area contributed by atoms with E-state index in [9.17, 15) is 4.79 Å². The fraction of sp³-hybridized carbons (Fsp3) is 0.100. The Labute approximate surface area is 147 Å². The van der Waals surface area contributed by atoms with Crippen molar-refractivity contribution >= 4 is 49.7 Å². The molecule has 3 nitrogen and oxygen atoms in total. The highest BCUT2D eigenvalue weighted by Crippen LogP contribution is 2.37. The van der Waals surface area contributed by atoms with E-state index >= 15 is 0 Å². The maximum absolute atomic E-state index is 12.4. The monoisotopic (exact) mass is 376 g/mol. The van der Waals surface area contributed by atoms with Crippen LogP contribution in [0.5, 0.6) is 0 Å². The van der Waals surface area contributed by atoms with E-state index < -0.39 is 0 Å². The lowest BCUT2D eigenvalue weighted by molar-refractivity contribution is -0.110. The Kier molecular flexibility index (Phi) is 2.91. The third-order valence-corrected chi connectivity index (χ3v) is 5.28. The van der Waals surface area contributed by atoms with Crippen molar-refractivity contribution in [2.24, 2.45) is 4.99 Å². The number of hydrogen-bond acceptors (Lipinski definition) is 2. The Morgan fingerprint density at radius 2 is 1.83 bits per heavy atom. The standard InChI is InChI=1S/C20H13BrN2O/c21-13-7-9-17-15(10-13)19(20(24)23-17)22-16-8-6-12-5-4-11-2-1-3-14(16)18(11)12/h1-3,6-10H,4-5H2,(H,22,23,24). The second kappa shape index (κ2) is 5.02. The van der Waals surface area contributed by atoms with Crippen LogP contribution in [0.4, 0.5) is 11.4 Å². The van der Waals surface area contributed by atoms with Crippen LogP contribution in [-0.4, -0.2) is 11.6 Å². The summed E-state index contributed by atoms with van der Waals surface area (Å²) >= 11 is 3.47. The van der Waals surface area contributed by atoms with Crippen LogP contribution < -0.4 is 5.32 Å². The molecule has 1 heterocycles. The molecule has 0 spiro atoms. The molecule has 0 saturated carbocycles. The minimum atomic E-state index is -0.147. The van der Waals surface area contributed by atoms with Crippen molar-refractivity contribution in [1.29, 1.82) is 0 Å². The second-order valence-corrected chi connectivity index (χ2v) is 7.10. The number of carbonyl (C=O) groups is 1. The van der Waals surface area contributed by atoms with Gasteiger partial charge in [-0.15, -0.1) is 0 Å². The summed E-state index contributed by atoms with van der Waals surface area (Å²) in [6, 6.07) is 16.3. The van der Waals surface area contributed by atoms with Crippen molar-refractivity contribution < 1.29 is 4.79 Å². The molecule has 1 aliphatic carbocycles. The minimum Gasteiger partial charge on any atom is -0.320 e. The zero-order valence-electron chi connectivity index (χ0n) is 12.8. The van der Waals surface area contributed by atoms with Gasteiger partial charge in [0, 0.05) is 15.4 Å². The average molecular weight is 377 g/mol. The summed E-state index contributed by atoms with van der Waals surface area (Å²) < 4.78 is 0.936. The van der Waals surface area contributed by atoms with Crippen molar-refractivity contribution in [3.63, 3.8) is 0 Å². The van der Waals surface area contributed by atoms with Gasteiger partial charge in [-0.25, -0.2) is 4.99 Å². The molecule has 2 aliphatic rings. The lowest BCUT2D eigenvalue weighted by atomic mass is 10.0. The molecule has 3 aromatic rings. The highest BCUT2D eigenvalue weighted by atomic mass is 79.9. The molecule has 5 rings (SSSR count). The Hall–Kier alpha value is -2.46. The second-order valence-electron chi connectivity index (χ2n) is 6.19. The third-order valence-electron chi connectivity index (χ3n) is 4.79. The van der Waals surface area contributed by atoms with Crippen LogP contribution in [-0.2, 0) is 17.6 Å². The number of halogens is 1. The topological polar surface area (TPSA) is 41.5 Å². The van der Waals surface area contributed by atoms with Gasteiger partial charge in [-0.3, -0.25) is 4.79 Å². The number of anilines is 1. The quantitative estimate of drug-likeness (QED) is 0.652. The lowest BCUT2D eigenvalue weighted by Gasteiger charge is -2.06. The molecule has 1 amide bonds. The first kappa shape index (κ1) is 13.9. The minimum absolute atomic E-state index is 0.147. The van der Waals surface area contributed by atoms with Gasteiger partial charge >= 0.3 is 0 Å². The first-order chi connectivity index (χ1) is 11.7. The zero-order chi connectivity index (χ0) is 16.3. The normalized spacial score (nSPS) is 16.7. The molecule has 0 aromatic heterocycles. The van der Waals surface area contributed by atoms with E-state index in [1.807, 2.05) is 24.3 Å². The highest BCUT2D eigenvalue weighted by molar-refractivity contribution is 9.10. The van der Waals surface area contributed by atoms with Crippen molar-refractivity contribution in [3.05, 3.63) is 69.7 Å². The van der Waals surface area contributed by atoms with Gasteiger partial charge in [-0.2, -0.15) is 0 Å². The highest BCUT2D eigenvalue weighted by Gasteiger charge is 2.26. The van der Waals surface area contributed by atoms with Crippen LogP contribution in [0.1, 0.15) is 16.7 Å². The van der Waals surface area contributed by atoms with Crippen LogP contribution in [0.15, 0.2) is 58.0 Å². The van der Waals surface area contributed by atoms with E-state index in [4.69, 9.17) is 4.99 Å². The first-order valence-corrected chi connectivity index (χ1v) is 8.73.